The molecule has 0 saturated heterocycles. The third kappa shape index (κ3) is 3.79. The van der Waals surface area contributed by atoms with Gasteiger partial charge in [-0.1, -0.05) is 0 Å². The molecule has 2 nitrogen and oxygen atoms in total. The van der Waals surface area contributed by atoms with Gasteiger partial charge >= 0.3 is 158 Å². The third-order valence-corrected chi connectivity index (χ3v) is 7.69. The molecule has 4 heteroatoms. The van der Waals surface area contributed by atoms with E-state index in [-0.39, 0.29) is 0 Å². The summed E-state index contributed by atoms with van der Waals surface area (Å²) in [5.74, 6) is 0. The molecule has 0 radical (unpaired) electrons. The molecule has 1 aromatic carbocycles. The first-order valence-electron chi connectivity index (χ1n) is 9.04. The van der Waals surface area contributed by atoms with Crippen LogP contribution in [0.2, 0.25) is 0 Å². The number of aromatic nitrogens is 2. The summed E-state index contributed by atoms with van der Waals surface area (Å²) in [4.78, 5) is 0. The summed E-state index contributed by atoms with van der Waals surface area (Å²) >= 11 is -0.644. The number of halogens is 1. The normalized spacial score (nSPS) is 18.4. The summed E-state index contributed by atoms with van der Waals surface area (Å²) in [5, 5.41) is 0. The Hall–Kier alpha value is -0.631. The van der Waals surface area contributed by atoms with Crippen LogP contribution in [0.4, 0.5) is 0 Å². The molecule has 24 heavy (non-hydrogen) atoms. The van der Waals surface area contributed by atoms with Gasteiger partial charge in [-0.2, -0.15) is 0 Å². The van der Waals surface area contributed by atoms with Gasteiger partial charge in [0.2, 0.25) is 0 Å². The van der Waals surface area contributed by atoms with Gasteiger partial charge in [0.25, 0.3) is 0 Å². The third-order valence-electron chi connectivity index (χ3n) is 5.17. The average molecular weight is 524 g/mol. The van der Waals surface area contributed by atoms with Crippen molar-refractivity contribution in [1.29, 1.82) is 0 Å². The van der Waals surface area contributed by atoms with Crippen LogP contribution in [-0.2, 0) is 16.2 Å². The van der Waals surface area contributed by atoms with Crippen LogP contribution in [0, 0.1) is 24.7 Å². The van der Waals surface area contributed by atoms with Gasteiger partial charge in [-0.05, 0) is 0 Å². The van der Waals surface area contributed by atoms with Gasteiger partial charge in [-0.25, -0.2) is 0 Å². The second-order valence-electron chi connectivity index (χ2n) is 7.13. The van der Waals surface area contributed by atoms with E-state index >= 15 is 0 Å². The molecule has 3 rings (SSSR count). The molecule has 1 saturated carbocycles. The van der Waals surface area contributed by atoms with E-state index in [0.717, 1.165) is 0 Å². The number of hydrogen-bond donors (Lipinski definition) is 0. The monoisotopic (exact) mass is 524 g/mol. The molecule has 0 spiro atoms. The number of aryl methyl sites for hydroxylation is 3. The standard InChI is InChI=1S/C20H28N2.ClH.Ir/c1-16-13-17(2)20(18(3)14-16)22-12-11-21(15-22)19-9-7-5-4-6-8-10-19;;/h11-14,19H,4-10H2,1-3H3;1H;/q;;+1/p-1. The molecule has 1 heterocycles. The van der Waals surface area contributed by atoms with E-state index in [9.17, 15) is 0 Å². The zero-order valence-corrected chi connectivity index (χ0v) is 18.1. The van der Waals surface area contributed by atoms with Crippen LogP contribution in [0.25, 0.3) is 5.69 Å². The molecule has 1 aliphatic rings. The topological polar surface area (TPSA) is 9.86 Å². The van der Waals surface area contributed by atoms with Gasteiger partial charge in [0.1, 0.15) is 0 Å². The maximum atomic E-state index is 6.54. The molecule has 2 aromatic rings. The van der Waals surface area contributed by atoms with Crippen LogP contribution >= 0.6 is 9.58 Å². The fourth-order valence-corrected chi connectivity index (χ4v) is 6.68. The first-order chi connectivity index (χ1) is 11.6. The Morgan fingerprint density at radius 3 is 2.08 bits per heavy atom. The van der Waals surface area contributed by atoms with E-state index in [1.165, 1.54) is 71.3 Å². The van der Waals surface area contributed by atoms with Crippen molar-refractivity contribution in [3.05, 3.63) is 45.1 Å². The Balaban J connectivity index is 2.05. The van der Waals surface area contributed by atoms with Gasteiger partial charge in [-0.15, -0.1) is 0 Å². The van der Waals surface area contributed by atoms with Crippen molar-refractivity contribution < 1.29 is 16.2 Å². The van der Waals surface area contributed by atoms with Crippen LogP contribution in [-0.4, -0.2) is 9.13 Å². The molecule has 1 aromatic heterocycles. The SMILES string of the molecule is Cc1cc(C)c(-n2ccn(C3CCCCCCC3)[c]2=[Ir][Cl])c(C)c1. The van der Waals surface area contributed by atoms with Crippen LogP contribution in [0.3, 0.4) is 0 Å². The second kappa shape index (κ2) is 8.17. The number of hydrogen-bond acceptors (Lipinski definition) is 0. The molecule has 1 fully saturated rings. The van der Waals surface area contributed by atoms with Crippen molar-refractivity contribution in [2.75, 3.05) is 0 Å². The number of benzene rings is 1. The maximum absolute atomic E-state index is 6.54. The quantitative estimate of drug-likeness (QED) is 0.440. The number of nitrogens with zero attached hydrogens (tertiary/aromatic N) is 2. The van der Waals surface area contributed by atoms with E-state index in [2.05, 4.69) is 54.4 Å². The van der Waals surface area contributed by atoms with Gasteiger partial charge in [-0.3, -0.25) is 0 Å². The summed E-state index contributed by atoms with van der Waals surface area (Å²) in [7, 11) is 6.54. The van der Waals surface area contributed by atoms with Crippen molar-refractivity contribution >= 4 is 9.58 Å². The van der Waals surface area contributed by atoms with Crippen molar-refractivity contribution in [2.45, 2.75) is 71.8 Å². The molecule has 1 aliphatic carbocycles. The fourth-order valence-electron chi connectivity index (χ4n) is 4.13. The minimum atomic E-state index is -0.644. The predicted molar refractivity (Wildman–Crippen MR) is 98.4 cm³/mol. The van der Waals surface area contributed by atoms with Gasteiger partial charge in [0.15, 0.2) is 0 Å². The molecular formula is C20H28ClIrN2. The molecule has 0 unspecified atom stereocenters. The first kappa shape index (κ1) is 18.2. The van der Waals surface area contributed by atoms with E-state index < -0.39 is 16.2 Å². The van der Waals surface area contributed by atoms with Gasteiger partial charge in [0, 0.05) is 0 Å². The Morgan fingerprint density at radius 2 is 1.50 bits per heavy atom. The fraction of sp³-hybridized carbons (Fsp3) is 0.550. The van der Waals surface area contributed by atoms with Gasteiger partial charge in [0.05, 0.1) is 0 Å². The van der Waals surface area contributed by atoms with Crippen molar-refractivity contribution in [1.82, 2.24) is 9.13 Å². The second-order valence-corrected chi connectivity index (χ2v) is 9.69. The first-order valence-corrected chi connectivity index (χ1v) is 13.2. The molecule has 0 aliphatic heterocycles. The van der Waals surface area contributed by atoms with Gasteiger partial charge < -0.3 is 0 Å². The number of imidazole rings is 1. The zero-order valence-electron chi connectivity index (χ0n) is 14.9. The summed E-state index contributed by atoms with van der Waals surface area (Å²) in [6.45, 7) is 6.60. The average Bonchev–Trinajstić information content (AvgIpc) is 2.89. The summed E-state index contributed by atoms with van der Waals surface area (Å²) < 4.78 is 6.23. The summed E-state index contributed by atoms with van der Waals surface area (Å²) in [5.41, 5.74) is 5.33. The van der Waals surface area contributed by atoms with Crippen molar-refractivity contribution in [3.8, 4) is 5.69 Å². The molecule has 0 atom stereocenters. The molecule has 0 amide bonds. The predicted octanol–water partition coefficient (Wildman–Crippen LogP) is 6.26. The van der Waals surface area contributed by atoms with Crippen molar-refractivity contribution in [3.63, 3.8) is 0 Å². The van der Waals surface area contributed by atoms with Crippen molar-refractivity contribution in [2.24, 2.45) is 0 Å². The number of rotatable bonds is 2. The molecule has 134 valence electrons. The summed E-state index contributed by atoms with van der Waals surface area (Å²) in [6.07, 6.45) is 14.0. The van der Waals surface area contributed by atoms with E-state index in [4.69, 9.17) is 9.58 Å². The van der Waals surface area contributed by atoms with E-state index in [1.54, 1.807) is 0 Å². The zero-order chi connectivity index (χ0) is 17.1. The van der Waals surface area contributed by atoms with Crippen LogP contribution in [0.5, 0.6) is 0 Å². The molecule has 0 bridgehead atoms. The molecule has 0 N–H and O–H groups in total. The Kier molecular flexibility index (Phi) is 6.18. The Morgan fingerprint density at radius 1 is 0.917 bits per heavy atom. The van der Waals surface area contributed by atoms with E-state index in [1.807, 2.05) is 0 Å². The van der Waals surface area contributed by atoms with Crippen LogP contribution in [0.15, 0.2) is 24.5 Å². The van der Waals surface area contributed by atoms with E-state index in [0.29, 0.717) is 6.04 Å². The Labute approximate surface area is 157 Å². The van der Waals surface area contributed by atoms with Crippen LogP contribution < -0.4 is 0 Å². The molecular weight excluding hydrogens is 496 g/mol. The Bertz CT molecular complexity index is 741. The minimum absolute atomic E-state index is 0.634. The van der Waals surface area contributed by atoms with Crippen LogP contribution in [0.1, 0.15) is 67.7 Å². The summed E-state index contributed by atoms with van der Waals surface area (Å²) in [6, 6.07) is 5.19.